The summed E-state index contributed by atoms with van der Waals surface area (Å²) in [4.78, 5) is 18.1. The molecular weight excluding hydrogens is 412 g/mol. The molecule has 1 N–H and O–H groups in total. The number of halogens is 1. The van der Waals surface area contributed by atoms with Crippen molar-refractivity contribution in [1.82, 2.24) is 10.3 Å². The van der Waals surface area contributed by atoms with Crippen LogP contribution in [0.1, 0.15) is 36.1 Å². The largest absolute Gasteiger partial charge is 0.349 e. The monoisotopic (exact) mass is 434 g/mol. The van der Waals surface area contributed by atoms with E-state index in [0.29, 0.717) is 6.54 Å². The molecule has 0 saturated carbocycles. The van der Waals surface area contributed by atoms with Gasteiger partial charge in [0.1, 0.15) is 5.41 Å². The maximum atomic E-state index is 13.7. The summed E-state index contributed by atoms with van der Waals surface area (Å²) in [7, 11) is 0. The van der Waals surface area contributed by atoms with Crippen LogP contribution in [0.2, 0.25) is 0 Å². The van der Waals surface area contributed by atoms with Crippen LogP contribution in [0.4, 0.5) is 0 Å². The molecule has 0 aliphatic heterocycles. The van der Waals surface area contributed by atoms with E-state index in [1.807, 2.05) is 30.3 Å². The average molecular weight is 435 g/mol. The van der Waals surface area contributed by atoms with Crippen LogP contribution in [-0.2, 0) is 16.8 Å². The molecule has 142 valence electrons. The standard InChI is InChI=1S/C24H23BrN2O/c25-15-7-6-14-24(23(28)27-17-18-9-5-8-16-26-18)21-12-3-1-10-19(21)20-11-2-4-13-22(20)24/h1-5,8-13,16H,6-7,14-15,17H2,(H,27,28). The second kappa shape index (κ2) is 8.27. The molecule has 1 amide bonds. The molecule has 0 radical (unpaired) electrons. The van der Waals surface area contributed by atoms with Gasteiger partial charge in [0.05, 0.1) is 12.2 Å². The zero-order chi connectivity index (χ0) is 19.4. The third-order valence-corrected chi connectivity index (χ3v) is 6.10. The Morgan fingerprint density at radius 3 is 2.14 bits per heavy atom. The Bertz CT molecular complexity index is 926. The van der Waals surface area contributed by atoms with Gasteiger partial charge in [0.25, 0.3) is 0 Å². The number of nitrogens with one attached hydrogen (secondary N) is 1. The molecule has 0 unspecified atom stereocenters. The minimum atomic E-state index is -0.649. The summed E-state index contributed by atoms with van der Waals surface area (Å²) < 4.78 is 0. The van der Waals surface area contributed by atoms with E-state index in [1.165, 1.54) is 11.1 Å². The summed E-state index contributed by atoms with van der Waals surface area (Å²) in [6.45, 7) is 0.435. The predicted molar refractivity (Wildman–Crippen MR) is 116 cm³/mol. The molecule has 0 atom stereocenters. The first kappa shape index (κ1) is 18.9. The fourth-order valence-electron chi connectivity index (χ4n) is 4.26. The van der Waals surface area contributed by atoms with Gasteiger partial charge in [-0.15, -0.1) is 0 Å². The van der Waals surface area contributed by atoms with Gasteiger partial charge in [-0.2, -0.15) is 0 Å². The topological polar surface area (TPSA) is 42.0 Å². The summed E-state index contributed by atoms with van der Waals surface area (Å²) in [5.41, 5.74) is 4.79. The Hall–Kier alpha value is -2.46. The number of fused-ring (bicyclic) bond motifs is 3. The van der Waals surface area contributed by atoms with Gasteiger partial charge in [-0.25, -0.2) is 0 Å². The number of aromatic nitrogens is 1. The van der Waals surface area contributed by atoms with Crippen LogP contribution in [0.5, 0.6) is 0 Å². The van der Waals surface area contributed by atoms with Crippen molar-refractivity contribution < 1.29 is 4.79 Å². The maximum absolute atomic E-state index is 13.7. The highest BCUT2D eigenvalue weighted by Crippen LogP contribution is 2.51. The van der Waals surface area contributed by atoms with Gasteiger partial charge in [-0.05, 0) is 47.2 Å². The Morgan fingerprint density at radius 2 is 1.54 bits per heavy atom. The van der Waals surface area contributed by atoms with Crippen molar-refractivity contribution in [2.75, 3.05) is 5.33 Å². The van der Waals surface area contributed by atoms with Crippen LogP contribution < -0.4 is 5.32 Å². The smallest absolute Gasteiger partial charge is 0.235 e. The highest BCUT2D eigenvalue weighted by molar-refractivity contribution is 9.09. The molecule has 28 heavy (non-hydrogen) atoms. The Morgan fingerprint density at radius 1 is 0.893 bits per heavy atom. The van der Waals surface area contributed by atoms with Crippen molar-refractivity contribution in [3.63, 3.8) is 0 Å². The number of rotatable bonds is 7. The summed E-state index contributed by atoms with van der Waals surface area (Å²) in [5, 5.41) is 4.12. The van der Waals surface area contributed by atoms with Crippen molar-refractivity contribution in [2.24, 2.45) is 0 Å². The first-order chi connectivity index (χ1) is 13.8. The molecule has 4 heteroatoms. The van der Waals surface area contributed by atoms with Gasteiger partial charge < -0.3 is 5.32 Å². The molecule has 0 bridgehead atoms. The van der Waals surface area contributed by atoms with Gasteiger partial charge in [-0.1, -0.05) is 76.9 Å². The second-order valence-electron chi connectivity index (χ2n) is 7.15. The number of nitrogens with zero attached hydrogens (tertiary/aromatic N) is 1. The lowest BCUT2D eigenvalue weighted by Crippen LogP contribution is -2.44. The van der Waals surface area contributed by atoms with E-state index in [2.05, 4.69) is 62.6 Å². The molecule has 4 rings (SSSR count). The first-order valence-corrected chi connectivity index (χ1v) is 10.8. The number of pyridine rings is 1. The lowest BCUT2D eigenvalue weighted by atomic mass is 9.73. The Balaban J connectivity index is 1.75. The highest BCUT2D eigenvalue weighted by Gasteiger charge is 2.48. The molecule has 2 aromatic carbocycles. The molecule has 1 aromatic heterocycles. The minimum Gasteiger partial charge on any atom is -0.349 e. The van der Waals surface area contributed by atoms with Crippen molar-refractivity contribution >= 4 is 21.8 Å². The number of hydrogen-bond acceptors (Lipinski definition) is 2. The van der Waals surface area contributed by atoms with Gasteiger partial charge in [0.2, 0.25) is 5.91 Å². The van der Waals surface area contributed by atoms with E-state index in [4.69, 9.17) is 0 Å². The number of alkyl halides is 1. The van der Waals surface area contributed by atoms with Crippen LogP contribution in [-0.4, -0.2) is 16.2 Å². The molecule has 1 heterocycles. The molecule has 1 aliphatic rings. The number of carbonyl (C=O) groups is 1. The van der Waals surface area contributed by atoms with Gasteiger partial charge in [0, 0.05) is 11.5 Å². The summed E-state index contributed by atoms with van der Waals surface area (Å²) in [6, 6.07) is 22.4. The normalized spacial score (nSPS) is 13.6. The summed E-state index contributed by atoms with van der Waals surface area (Å²) in [6.07, 6.45) is 4.57. The molecule has 0 spiro atoms. The molecule has 3 aromatic rings. The van der Waals surface area contributed by atoms with E-state index in [0.717, 1.165) is 41.4 Å². The minimum absolute atomic E-state index is 0.0603. The highest BCUT2D eigenvalue weighted by atomic mass is 79.9. The van der Waals surface area contributed by atoms with E-state index in [9.17, 15) is 4.79 Å². The predicted octanol–water partition coefficient (Wildman–Crippen LogP) is 5.23. The summed E-state index contributed by atoms with van der Waals surface area (Å²) >= 11 is 3.53. The van der Waals surface area contributed by atoms with E-state index < -0.39 is 5.41 Å². The molecule has 0 fully saturated rings. The number of hydrogen-bond donors (Lipinski definition) is 1. The number of amides is 1. The Labute approximate surface area is 174 Å². The fourth-order valence-corrected chi connectivity index (χ4v) is 4.66. The zero-order valence-electron chi connectivity index (χ0n) is 15.7. The van der Waals surface area contributed by atoms with Crippen LogP contribution >= 0.6 is 15.9 Å². The number of carbonyl (C=O) groups excluding carboxylic acids is 1. The van der Waals surface area contributed by atoms with Crippen LogP contribution in [0, 0.1) is 0 Å². The quantitative estimate of drug-likeness (QED) is 0.408. The SMILES string of the molecule is O=C(NCc1ccccn1)C1(CCCCBr)c2ccccc2-c2ccccc21. The van der Waals surface area contributed by atoms with Crippen molar-refractivity contribution in [2.45, 2.75) is 31.2 Å². The second-order valence-corrected chi connectivity index (χ2v) is 7.94. The average Bonchev–Trinajstić information content (AvgIpc) is 3.04. The molecule has 1 aliphatic carbocycles. The fraction of sp³-hybridized carbons (Fsp3) is 0.250. The maximum Gasteiger partial charge on any atom is 0.235 e. The molecule has 0 saturated heterocycles. The van der Waals surface area contributed by atoms with Crippen LogP contribution in [0.25, 0.3) is 11.1 Å². The number of unbranched alkanes of at least 4 members (excludes halogenated alkanes) is 1. The lowest BCUT2D eigenvalue weighted by Gasteiger charge is -2.31. The van der Waals surface area contributed by atoms with E-state index in [-0.39, 0.29) is 5.91 Å². The zero-order valence-corrected chi connectivity index (χ0v) is 17.3. The van der Waals surface area contributed by atoms with Gasteiger partial charge >= 0.3 is 0 Å². The van der Waals surface area contributed by atoms with Gasteiger partial charge in [-0.3, -0.25) is 9.78 Å². The Kier molecular flexibility index (Phi) is 5.58. The molecular formula is C24H23BrN2O. The third kappa shape index (κ3) is 3.26. The molecule has 3 nitrogen and oxygen atoms in total. The van der Waals surface area contributed by atoms with Crippen molar-refractivity contribution in [3.8, 4) is 11.1 Å². The summed E-state index contributed by atoms with van der Waals surface area (Å²) in [5.74, 6) is 0.0603. The van der Waals surface area contributed by atoms with Gasteiger partial charge in [0.15, 0.2) is 0 Å². The lowest BCUT2D eigenvalue weighted by molar-refractivity contribution is -0.125. The van der Waals surface area contributed by atoms with E-state index in [1.54, 1.807) is 6.20 Å². The third-order valence-electron chi connectivity index (χ3n) is 5.54. The van der Waals surface area contributed by atoms with Crippen LogP contribution in [0.3, 0.4) is 0 Å². The van der Waals surface area contributed by atoms with E-state index >= 15 is 0 Å². The van der Waals surface area contributed by atoms with Crippen LogP contribution in [0.15, 0.2) is 72.9 Å². The first-order valence-electron chi connectivity index (χ1n) is 9.71. The van der Waals surface area contributed by atoms with Crippen molar-refractivity contribution in [3.05, 3.63) is 89.7 Å². The number of benzene rings is 2. The van der Waals surface area contributed by atoms with Crippen molar-refractivity contribution in [1.29, 1.82) is 0 Å².